The summed E-state index contributed by atoms with van der Waals surface area (Å²) in [4.78, 5) is 29.4. The van der Waals surface area contributed by atoms with E-state index in [0.717, 1.165) is 63.7 Å². The lowest BCUT2D eigenvalue weighted by atomic mass is 9.95. The lowest BCUT2D eigenvalue weighted by Crippen LogP contribution is -2.40. The normalized spacial score (nSPS) is 19.0. The SMILES string of the molecule is CCOC(=O)c1c(NC(=O)C2CCCN(Cc3cccc(C)c3)C2)sc2c1CCCC2. The zero-order valence-corrected chi connectivity index (χ0v) is 19.4. The third-order valence-corrected chi connectivity index (χ3v) is 7.46. The molecule has 1 aromatic heterocycles. The van der Waals surface area contributed by atoms with Crippen LogP contribution in [0.25, 0.3) is 0 Å². The van der Waals surface area contributed by atoms with Gasteiger partial charge in [0.25, 0.3) is 0 Å². The Morgan fingerprint density at radius 2 is 2.06 bits per heavy atom. The number of hydrogen-bond acceptors (Lipinski definition) is 5. The second kappa shape index (κ2) is 9.96. The number of amides is 1. The molecule has 5 nitrogen and oxygen atoms in total. The van der Waals surface area contributed by atoms with E-state index in [1.807, 2.05) is 6.92 Å². The maximum atomic E-state index is 13.2. The first kappa shape index (κ1) is 22.0. The van der Waals surface area contributed by atoms with Gasteiger partial charge in [-0.1, -0.05) is 29.8 Å². The smallest absolute Gasteiger partial charge is 0.341 e. The molecule has 4 rings (SSSR count). The second-order valence-corrected chi connectivity index (χ2v) is 9.79. The summed E-state index contributed by atoms with van der Waals surface area (Å²) in [6.45, 7) is 6.90. The van der Waals surface area contributed by atoms with Crippen LogP contribution in [0.15, 0.2) is 24.3 Å². The standard InChI is InChI=1S/C25H32N2O3S/c1-3-30-25(29)22-20-11-4-5-12-21(20)31-24(22)26-23(28)19-10-7-13-27(16-19)15-18-9-6-8-17(2)14-18/h6,8-9,14,19H,3-5,7,10-13,15-16H2,1-2H3,(H,26,28). The minimum absolute atomic E-state index is 0.0260. The van der Waals surface area contributed by atoms with Crippen molar-refractivity contribution < 1.29 is 14.3 Å². The van der Waals surface area contributed by atoms with E-state index in [1.54, 1.807) is 11.3 Å². The van der Waals surface area contributed by atoms with Gasteiger partial charge in [0.05, 0.1) is 18.1 Å². The van der Waals surface area contributed by atoms with E-state index in [4.69, 9.17) is 4.74 Å². The Bertz CT molecular complexity index is 952. The summed E-state index contributed by atoms with van der Waals surface area (Å²) in [5.41, 5.74) is 4.24. The van der Waals surface area contributed by atoms with Crippen LogP contribution in [0.2, 0.25) is 0 Å². The summed E-state index contributed by atoms with van der Waals surface area (Å²) in [6, 6.07) is 8.57. The van der Waals surface area contributed by atoms with Crippen molar-refractivity contribution in [1.82, 2.24) is 4.90 Å². The number of esters is 1. The van der Waals surface area contributed by atoms with E-state index >= 15 is 0 Å². The number of ether oxygens (including phenoxy) is 1. The van der Waals surface area contributed by atoms with E-state index in [0.29, 0.717) is 17.2 Å². The number of likely N-dealkylation sites (tertiary alicyclic amines) is 1. The number of piperidine rings is 1. The van der Waals surface area contributed by atoms with E-state index in [-0.39, 0.29) is 17.8 Å². The number of nitrogens with one attached hydrogen (secondary N) is 1. The first-order valence-corrected chi connectivity index (χ1v) is 12.3. The van der Waals surface area contributed by atoms with Gasteiger partial charge in [0.15, 0.2) is 0 Å². The molecule has 1 aliphatic heterocycles. The molecule has 6 heteroatoms. The summed E-state index contributed by atoms with van der Waals surface area (Å²) >= 11 is 1.57. The number of benzene rings is 1. The molecular weight excluding hydrogens is 408 g/mol. The Balaban J connectivity index is 1.46. The summed E-state index contributed by atoms with van der Waals surface area (Å²) in [6.07, 6.45) is 5.99. The van der Waals surface area contributed by atoms with E-state index in [2.05, 4.69) is 41.4 Å². The zero-order valence-electron chi connectivity index (χ0n) is 18.5. The Kier molecular flexibility index (Phi) is 7.08. The molecule has 2 heterocycles. The van der Waals surface area contributed by atoms with Crippen LogP contribution >= 0.6 is 11.3 Å². The fourth-order valence-electron chi connectivity index (χ4n) is 4.77. The van der Waals surface area contributed by atoms with Crippen molar-refractivity contribution >= 4 is 28.2 Å². The molecule has 0 saturated carbocycles. The average Bonchev–Trinajstić information content (AvgIpc) is 3.12. The topological polar surface area (TPSA) is 58.6 Å². The van der Waals surface area contributed by atoms with E-state index < -0.39 is 0 Å². The third-order valence-electron chi connectivity index (χ3n) is 6.25. The first-order chi connectivity index (χ1) is 15.0. The molecular formula is C25H32N2O3S. The molecule has 1 aliphatic carbocycles. The number of anilines is 1. The zero-order chi connectivity index (χ0) is 21.8. The van der Waals surface area contributed by atoms with Gasteiger partial charge in [-0.2, -0.15) is 0 Å². The van der Waals surface area contributed by atoms with E-state index in [9.17, 15) is 9.59 Å². The van der Waals surface area contributed by atoms with Crippen LogP contribution in [0.4, 0.5) is 5.00 Å². The van der Waals surface area contributed by atoms with E-state index in [1.165, 1.54) is 16.0 Å². The number of aryl methyl sites for hydroxylation is 2. The molecule has 1 aromatic carbocycles. The minimum atomic E-state index is -0.304. The number of rotatable bonds is 6. The number of carbonyl (C=O) groups excluding carboxylic acids is 2. The van der Waals surface area contributed by atoms with Crippen LogP contribution in [0.5, 0.6) is 0 Å². The van der Waals surface area contributed by atoms with Gasteiger partial charge in [0.1, 0.15) is 5.00 Å². The number of hydrogen-bond donors (Lipinski definition) is 1. The second-order valence-electron chi connectivity index (χ2n) is 8.69. The number of fused-ring (bicyclic) bond motifs is 1. The Hall–Kier alpha value is -2.18. The molecule has 166 valence electrons. The minimum Gasteiger partial charge on any atom is -0.462 e. The molecule has 0 spiro atoms. The highest BCUT2D eigenvalue weighted by Gasteiger charge is 2.30. The Morgan fingerprint density at radius 1 is 1.23 bits per heavy atom. The maximum Gasteiger partial charge on any atom is 0.341 e. The number of nitrogens with zero attached hydrogens (tertiary/aromatic N) is 1. The van der Waals surface area contributed by atoms with Crippen molar-refractivity contribution in [2.24, 2.45) is 5.92 Å². The highest BCUT2D eigenvalue weighted by Crippen LogP contribution is 2.39. The van der Waals surface area contributed by atoms with Gasteiger partial charge in [-0.3, -0.25) is 9.69 Å². The highest BCUT2D eigenvalue weighted by atomic mass is 32.1. The summed E-state index contributed by atoms with van der Waals surface area (Å²) in [7, 11) is 0. The highest BCUT2D eigenvalue weighted by molar-refractivity contribution is 7.17. The molecule has 1 atom stereocenters. The lowest BCUT2D eigenvalue weighted by molar-refractivity contribution is -0.121. The summed E-state index contributed by atoms with van der Waals surface area (Å²) in [5, 5.41) is 3.81. The van der Waals surface area contributed by atoms with Gasteiger partial charge in [0.2, 0.25) is 5.91 Å². The largest absolute Gasteiger partial charge is 0.462 e. The van der Waals surface area contributed by atoms with Crippen LogP contribution < -0.4 is 5.32 Å². The fourth-order valence-corrected chi connectivity index (χ4v) is 6.05. The molecule has 2 aliphatic rings. The van der Waals surface area contributed by atoms with Crippen LogP contribution in [0.3, 0.4) is 0 Å². The average molecular weight is 441 g/mol. The van der Waals surface area contributed by atoms with Crippen LogP contribution in [-0.2, 0) is 28.9 Å². The van der Waals surface area contributed by atoms with Crippen molar-refractivity contribution in [2.75, 3.05) is 25.0 Å². The third kappa shape index (κ3) is 5.18. The molecule has 1 saturated heterocycles. The molecule has 1 N–H and O–H groups in total. The van der Waals surface area contributed by atoms with Crippen LogP contribution in [0, 0.1) is 12.8 Å². The Labute approximate surface area is 188 Å². The van der Waals surface area contributed by atoms with Gasteiger partial charge < -0.3 is 10.1 Å². The van der Waals surface area contributed by atoms with Crippen molar-refractivity contribution in [2.45, 2.75) is 58.9 Å². The Morgan fingerprint density at radius 3 is 2.87 bits per heavy atom. The lowest BCUT2D eigenvalue weighted by Gasteiger charge is -2.32. The fraction of sp³-hybridized carbons (Fsp3) is 0.520. The molecule has 0 bridgehead atoms. The molecule has 1 amide bonds. The van der Waals surface area contributed by atoms with Gasteiger partial charge in [-0.15, -0.1) is 11.3 Å². The molecule has 31 heavy (non-hydrogen) atoms. The predicted octanol–water partition coefficient (Wildman–Crippen LogP) is 4.96. The van der Waals surface area contributed by atoms with Crippen LogP contribution in [-0.4, -0.2) is 36.5 Å². The van der Waals surface area contributed by atoms with Crippen molar-refractivity contribution in [3.05, 3.63) is 51.4 Å². The van der Waals surface area contributed by atoms with Gasteiger partial charge in [-0.25, -0.2) is 4.79 Å². The van der Waals surface area contributed by atoms with Gasteiger partial charge in [-0.05, 0) is 70.0 Å². The molecule has 0 radical (unpaired) electrons. The summed E-state index contributed by atoms with van der Waals surface area (Å²) in [5.74, 6) is -0.340. The molecule has 2 aromatic rings. The van der Waals surface area contributed by atoms with Crippen LogP contribution in [0.1, 0.15) is 64.5 Å². The number of carbonyl (C=O) groups is 2. The van der Waals surface area contributed by atoms with Crippen molar-refractivity contribution in [3.8, 4) is 0 Å². The van der Waals surface area contributed by atoms with Gasteiger partial charge in [0, 0.05) is 18.0 Å². The van der Waals surface area contributed by atoms with Crippen molar-refractivity contribution in [1.29, 1.82) is 0 Å². The van der Waals surface area contributed by atoms with Gasteiger partial charge >= 0.3 is 5.97 Å². The predicted molar refractivity (Wildman–Crippen MR) is 125 cm³/mol. The van der Waals surface area contributed by atoms with Crippen molar-refractivity contribution in [3.63, 3.8) is 0 Å². The molecule has 1 unspecified atom stereocenters. The summed E-state index contributed by atoms with van der Waals surface area (Å²) < 4.78 is 5.32. The quantitative estimate of drug-likeness (QED) is 0.645. The maximum absolute atomic E-state index is 13.2. The first-order valence-electron chi connectivity index (χ1n) is 11.5. The number of thiophene rings is 1. The monoisotopic (exact) mass is 440 g/mol. The molecule has 1 fully saturated rings.